The van der Waals surface area contributed by atoms with Crippen LogP contribution in [0.15, 0.2) is 17.5 Å². The molecular weight excluding hydrogens is 274 g/mol. The highest BCUT2D eigenvalue weighted by Gasteiger charge is 2.11. The topological polar surface area (TPSA) is 49.8 Å². The molecule has 0 saturated heterocycles. The smallest absolute Gasteiger partial charge is 0.328 e. The molecular formula is C15H23NO3S. The van der Waals surface area contributed by atoms with Gasteiger partial charge in [-0.05, 0) is 29.0 Å². The number of carbonyl (C=O) groups is 1. The highest BCUT2D eigenvalue weighted by Crippen LogP contribution is 2.21. The Balaban J connectivity index is 2.72. The van der Waals surface area contributed by atoms with Gasteiger partial charge in [-0.2, -0.15) is 0 Å². The highest BCUT2D eigenvalue weighted by molar-refractivity contribution is 7.10. The maximum absolute atomic E-state index is 10.6. The second-order valence-electron chi connectivity index (χ2n) is 5.09. The summed E-state index contributed by atoms with van der Waals surface area (Å²) in [4.78, 5) is 14.1. The van der Waals surface area contributed by atoms with Crippen molar-refractivity contribution in [3.63, 3.8) is 0 Å². The van der Waals surface area contributed by atoms with Crippen molar-refractivity contribution in [3.05, 3.63) is 28.0 Å². The van der Waals surface area contributed by atoms with E-state index < -0.39 is 5.97 Å². The van der Waals surface area contributed by atoms with Gasteiger partial charge in [-0.15, -0.1) is 11.3 Å². The third-order valence-corrected chi connectivity index (χ3v) is 3.71. The fourth-order valence-corrected chi connectivity index (χ4v) is 2.87. The van der Waals surface area contributed by atoms with Crippen molar-refractivity contribution in [1.82, 2.24) is 4.90 Å². The molecule has 1 aromatic rings. The quantitative estimate of drug-likeness (QED) is 0.712. The molecule has 1 heterocycles. The Kier molecular flexibility index (Phi) is 7.51. The van der Waals surface area contributed by atoms with E-state index in [0.29, 0.717) is 12.5 Å². The van der Waals surface area contributed by atoms with Crippen molar-refractivity contribution in [1.29, 1.82) is 0 Å². The van der Waals surface area contributed by atoms with E-state index in [1.807, 2.05) is 11.4 Å². The van der Waals surface area contributed by atoms with Gasteiger partial charge in [0, 0.05) is 37.7 Å². The summed E-state index contributed by atoms with van der Waals surface area (Å²) in [6, 6.07) is 1.96. The molecule has 0 aliphatic heterocycles. The first-order valence-corrected chi connectivity index (χ1v) is 7.59. The molecule has 0 aliphatic carbocycles. The first kappa shape index (κ1) is 16.9. The second-order valence-corrected chi connectivity index (χ2v) is 6.09. The standard InChI is InChI=1S/C15H23NO3S/c1-12(2)10-16(7-8-19-3)11-14-13(6-9-20-14)4-5-15(17)18/h4-6,9,12H,7-8,10-11H2,1-3H3,(H,17,18). The van der Waals surface area contributed by atoms with E-state index in [0.717, 1.165) is 25.2 Å². The molecule has 1 N–H and O–H groups in total. The van der Waals surface area contributed by atoms with Crippen molar-refractivity contribution in [2.45, 2.75) is 20.4 Å². The summed E-state index contributed by atoms with van der Waals surface area (Å²) in [7, 11) is 1.71. The first-order valence-electron chi connectivity index (χ1n) is 6.71. The van der Waals surface area contributed by atoms with Crippen LogP contribution in [0.2, 0.25) is 0 Å². The molecule has 1 rings (SSSR count). The van der Waals surface area contributed by atoms with E-state index in [9.17, 15) is 4.79 Å². The van der Waals surface area contributed by atoms with Crippen LogP contribution in [0.25, 0.3) is 6.08 Å². The summed E-state index contributed by atoms with van der Waals surface area (Å²) < 4.78 is 5.15. The zero-order chi connectivity index (χ0) is 15.0. The number of carboxylic acids is 1. The number of thiophene rings is 1. The third-order valence-electron chi connectivity index (χ3n) is 2.79. The minimum absolute atomic E-state index is 0.588. The lowest BCUT2D eigenvalue weighted by molar-refractivity contribution is -0.131. The average Bonchev–Trinajstić information content (AvgIpc) is 2.80. The molecule has 112 valence electrons. The van der Waals surface area contributed by atoms with Crippen molar-refractivity contribution in [3.8, 4) is 0 Å². The number of nitrogens with zero attached hydrogens (tertiary/aromatic N) is 1. The van der Waals surface area contributed by atoms with Gasteiger partial charge in [0.15, 0.2) is 0 Å². The largest absolute Gasteiger partial charge is 0.478 e. The third kappa shape index (κ3) is 6.32. The van der Waals surface area contributed by atoms with Gasteiger partial charge in [-0.3, -0.25) is 4.90 Å². The summed E-state index contributed by atoms with van der Waals surface area (Å²) in [6.07, 6.45) is 2.85. The molecule has 0 saturated carbocycles. The van der Waals surface area contributed by atoms with Gasteiger partial charge in [0.2, 0.25) is 0 Å². The van der Waals surface area contributed by atoms with Crippen LogP contribution in [-0.2, 0) is 16.1 Å². The lowest BCUT2D eigenvalue weighted by Crippen LogP contribution is -2.30. The van der Waals surface area contributed by atoms with E-state index in [1.54, 1.807) is 24.5 Å². The van der Waals surface area contributed by atoms with Crippen molar-refractivity contribution < 1.29 is 14.6 Å². The van der Waals surface area contributed by atoms with Crippen molar-refractivity contribution in [2.75, 3.05) is 26.8 Å². The molecule has 0 bridgehead atoms. The molecule has 4 nitrogen and oxygen atoms in total. The lowest BCUT2D eigenvalue weighted by atomic mass is 10.2. The summed E-state index contributed by atoms with van der Waals surface area (Å²) in [5.41, 5.74) is 0.989. The van der Waals surface area contributed by atoms with Gasteiger partial charge in [-0.1, -0.05) is 13.8 Å². The summed E-state index contributed by atoms with van der Waals surface area (Å²) in [6.45, 7) is 7.81. The number of hydrogen-bond acceptors (Lipinski definition) is 4. The maximum Gasteiger partial charge on any atom is 0.328 e. The van der Waals surface area contributed by atoms with E-state index in [-0.39, 0.29) is 0 Å². The van der Waals surface area contributed by atoms with Gasteiger partial charge in [0.25, 0.3) is 0 Å². The number of carboxylic acid groups (broad SMARTS) is 1. The van der Waals surface area contributed by atoms with E-state index >= 15 is 0 Å². The van der Waals surface area contributed by atoms with Gasteiger partial charge < -0.3 is 9.84 Å². The number of methoxy groups -OCH3 is 1. The predicted octanol–water partition coefficient (Wildman–Crippen LogP) is 2.95. The minimum Gasteiger partial charge on any atom is -0.478 e. The zero-order valence-corrected chi connectivity index (χ0v) is 13.2. The molecule has 20 heavy (non-hydrogen) atoms. The Bertz CT molecular complexity index is 440. The van der Waals surface area contributed by atoms with Crippen molar-refractivity contribution >= 4 is 23.4 Å². The van der Waals surface area contributed by atoms with E-state index in [2.05, 4.69) is 18.7 Å². The number of hydrogen-bond donors (Lipinski definition) is 1. The number of ether oxygens (including phenoxy) is 1. The predicted molar refractivity (Wildman–Crippen MR) is 83.0 cm³/mol. The number of aliphatic carboxylic acids is 1. The van der Waals surface area contributed by atoms with Crippen LogP contribution in [0.5, 0.6) is 0 Å². The van der Waals surface area contributed by atoms with Crippen LogP contribution in [0, 0.1) is 5.92 Å². The molecule has 0 radical (unpaired) electrons. The monoisotopic (exact) mass is 297 g/mol. The normalized spacial score (nSPS) is 11.8. The summed E-state index contributed by atoms with van der Waals surface area (Å²) in [5.74, 6) is -0.328. The highest BCUT2D eigenvalue weighted by atomic mass is 32.1. The van der Waals surface area contributed by atoms with Gasteiger partial charge in [-0.25, -0.2) is 4.79 Å². The molecule has 0 atom stereocenters. The first-order chi connectivity index (χ1) is 9.52. The Morgan fingerprint density at radius 3 is 2.90 bits per heavy atom. The fraction of sp³-hybridized carbons (Fsp3) is 0.533. The molecule has 5 heteroatoms. The Morgan fingerprint density at radius 1 is 1.55 bits per heavy atom. The van der Waals surface area contributed by atoms with Gasteiger partial charge in [0.1, 0.15) is 0 Å². The van der Waals surface area contributed by atoms with E-state index in [4.69, 9.17) is 9.84 Å². The zero-order valence-electron chi connectivity index (χ0n) is 12.3. The molecule has 0 unspecified atom stereocenters. The molecule has 0 aliphatic rings. The Labute approximate surface area is 124 Å². The molecule has 0 spiro atoms. The van der Waals surface area contributed by atoms with Crippen LogP contribution < -0.4 is 0 Å². The lowest BCUT2D eigenvalue weighted by Gasteiger charge is -2.23. The van der Waals surface area contributed by atoms with Crippen LogP contribution in [0.4, 0.5) is 0 Å². The number of rotatable bonds is 9. The van der Waals surface area contributed by atoms with E-state index in [1.165, 1.54) is 11.0 Å². The van der Waals surface area contributed by atoms with Gasteiger partial charge in [0.05, 0.1) is 6.61 Å². The van der Waals surface area contributed by atoms with Gasteiger partial charge >= 0.3 is 5.97 Å². The second kappa shape index (κ2) is 8.89. The minimum atomic E-state index is -0.916. The summed E-state index contributed by atoms with van der Waals surface area (Å²) >= 11 is 1.66. The van der Waals surface area contributed by atoms with Crippen LogP contribution in [0.1, 0.15) is 24.3 Å². The molecule has 1 aromatic heterocycles. The molecule has 0 fully saturated rings. The fourth-order valence-electron chi connectivity index (χ4n) is 1.96. The summed E-state index contributed by atoms with van der Waals surface area (Å²) in [5, 5.41) is 10.7. The SMILES string of the molecule is COCCN(Cc1sccc1C=CC(=O)O)CC(C)C. The average molecular weight is 297 g/mol. The van der Waals surface area contributed by atoms with Crippen LogP contribution in [0.3, 0.4) is 0 Å². The Morgan fingerprint density at radius 2 is 2.30 bits per heavy atom. The van der Waals surface area contributed by atoms with Crippen LogP contribution in [-0.4, -0.2) is 42.8 Å². The van der Waals surface area contributed by atoms with Crippen LogP contribution >= 0.6 is 11.3 Å². The Hall–Kier alpha value is -1.17. The molecule has 0 amide bonds. The maximum atomic E-state index is 10.6. The van der Waals surface area contributed by atoms with Crippen molar-refractivity contribution in [2.24, 2.45) is 5.92 Å². The molecule has 0 aromatic carbocycles.